The molecule has 0 spiro atoms. The van der Waals surface area contributed by atoms with Crippen LogP contribution in [0.4, 0.5) is 28.9 Å². The van der Waals surface area contributed by atoms with Gasteiger partial charge in [-0.2, -0.15) is 0 Å². The molecule has 4 aromatic heterocycles. The Morgan fingerprint density at radius 3 is 1.59 bits per heavy atom. The Morgan fingerprint density at radius 1 is 0.671 bits per heavy atom. The number of ketones is 2. The van der Waals surface area contributed by atoms with Crippen LogP contribution in [0.15, 0.2) is 114 Å². The Labute approximate surface area is 416 Å². The largest absolute Gasteiger partial charge is 0.489 e. The quantitative estimate of drug-likeness (QED) is 0.0344. The van der Waals surface area contributed by atoms with Crippen molar-refractivity contribution in [2.24, 2.45) is 0 Å². The van der Waals surface area contributed by atoms with E-state index in [0.29, 0.717) is 66.0 Å². The number of hydrogen-bond acceptors (Lipinski definition) is 10. The number of halogens is 7. The maximum Gasteiger partial charge on any atom is 0.489 e. The van der Waals surface area contributed by atoms with Gasteiger partial charge in [0.1, 0.15) is 22.9 Å². The van der Waals surface area contributed by atoms with Crippen molar-refractivity contribution in [2.45, 2.75) is 26.7 Å². The molecule has 8 rings (SSSR count). The summed E-state index contributed by atoms with van der Waals surface area (Å²) in [5.74, 6) is -7.10. The minimum Gasteiger partial charge on any atom is -0.423 e. The Kier molecular flexibility index (Phi) is 17.3. The van der Waals surface area contributed by atoms with E-state index in [9.17, 15) is 39.6 Å². The van der Waals surface area contributed by atoms with E-state index in [-0.39, 0.29) is 22.6 Å². The fourth-order valence-electron chi connectivity index (χ4n) is 6.81. The first-order valence-corrected chi connectivity index (χ1v) is 25.5. The minimum atomic E-state index is -3.84. The number of fused-ring (bicyclic) bond motifs is 2. The number of hydrogen-bond donors (Lipinski definition) is 6. The van der Waals surface area contributed by atoms with Crippen LogP contribution >= 0.6 is 39.1 Å². The monoisotopic (exact) mass is 1100 g/mol. The number of anilines is 2. The zero-order valence-corrected chi connectivity index (χ0v) is 41.2. The van der Waals surface area contributed by atoms with Crippen LogP contribution < -0.4 is 14.9 Å². The van der Waals surface area contributed by atoms with Gasteiger partial charge in [0, 0.05) is 77.8 Å². The molecule has 0 amide bonds. The molecule has 0 fully saturated rings. The molecule has 4 aromatic carbocycles. The number of nitrogens with one attached hydrogen (secondary N) is 4. The summed E-state index contributed by atoms with van der Waals surface area (Å²) in [5, 5.41) is 18.9. The van der Waals surface area contributed by atoms with E-state index in [2.05, 4.69) is 45.3 Å². The highest BCUT2D eigenvalue weighted by atomic mass is 79.9. The van der Waals surface area contributed by atoms with Crippen molar-refractivity contribution in [1.82, 2.24) is 19.9 Å². The highest BCUT2D eigenvalue weighted by Crippen LogP contribution is 2.33. The highest BCUT2D eigenvalue weighted by Gasteiger charge is 2.28. The Bertz CT molecular complexity index is 3500. The average Bonchev–Trinajstić information content (AvgIpc) is 3.93. The standard InChI is InChI=1S/C23H18ClF2N3O3S.C17H14BrF2N3O3S.C6H6BClO2/c1-2-9-33(31,32)29-19-8-7-18(25)20(21(19)26)22(30)16-12-28-23-15(16)10-13(11-27-23)14-5-3-4-6-17(14)24;1-2-5-27(25,26)23-13-4-3-12(19)14(15(13)20)16(24)11-8-22-17-10(11)6-9(18)7-21-17;8-6-4-2-1-3-5(6)7(9)10/h3-8,10-12,29H,2,9H2,1H3,(H,27,28);3-4,6-8,23H,2,5H2,1H3,(H,21,22);1-4,9-10H. The summed E-state index contributed by atoms with van der Waals surface area (Å²) >= 11 is 15.1. The van der Waals surface area contributed by atoms with E-state index >= 15 is 4.39 Å². The van der Waals surface area contributed by atoms with Gasteiger partial charge in [0.2, 0.25) is 31.6 Å². The SMILES string of the molecule is CCCS(=O)(=O)Nc1ccc(F)c(C(=O)c2c[nH]c3ncc(-c4ccccc4Cl)cc23)c1F.CCCS(=O)(=O)Nc1ccc(F)c(C(=O)c2c[nH]c3ncc(Br)cc23)c1F.OB(O)c1ccccc1Cl. The van der Waals surface area contributed by atoms with Crippen molar-refractivity contribution in [2.75, 3.05) is 20.9 Å². The lowest BCUT2D eigenvalue weighted by atomic mass is 9.80. The molecule has 14 nitrogen and oxygen atoms in total. The van der Waals surface area contributed by atoms with Crippen LogP contribution in [-0.4, -0.2) is 77.0 Å². The summed E-state index contributed by atoms with van der Waals surface area (Å²) in [7, 11) is -9.12. The average molecular weight is 1100 g/mol. The zero-order valence-electron chi connectivity index (χ0n) is 36.5. The van der Waals surface area contributed by atoms with Crippen molar-refractivity contribution in [3.8, 4) is 11.1 Å². The topological polar surface area (TPSA) is 224 Å². The van der Waals surface area contributed by atoms with Crippen molar-refractivity contribution in [1.29, 1.82) is 0 Å². The maximum atomic E-state index is 15.1. The van der Waals surface area contributed by atoms with Gasteiger partial charge < -0.3 is 20.0 Å². The van der Waals surface area contributed by atoms with E-state index in [1.54, 1.807) is 80.7 Å². The predicted octanol–water partition coefficient (Wildman–Crippen LogP) is 9.55. The van der Waals surface area contributed by atoms with E-state index < -0.39 is 84.5 Å². The molecule has 70 heavy (non-hydrogen) atoms. The molecule has 24 heteroatoms. The number of benzene rings is 4. The third kappa shape index (κ3) is 12.4. The lowest BCUT2D eigenvalue weighted by molar-refractivity contribution is 0.102. The molecule has 0 atom stereocenters. The highest BCUT2D eigenvalue weighted by molar-refractivity contribution is 9.10. The van der Waals surface area contributed by atoms with Gasteiger partial charge in [-0.15, -0.1) is 0 Å². The fourth-order valence-corrected chi connectivity index (χ4v) is 9.88. The molecule has 0 aliphatic rings. The number of sulfonamides is 2. The Morgan fingerprint density at radius 2 is 1.13 bits per heavy atom. The molecule has 0 saturated carbocycles. The Balaban J connectivity index is 0.000000194. The molecule has 0 aliphatic carbocycles. The van der Waals surface area contributed by atoms with Gasteiger partial charge >= 0.3 is 7.12 Å². The minimum absolute atomic E-state index is 0.0160. The van der Waals surface area contributed by atoms with Crippen molar-refractivity contribution < 1.29 is 54.0 Å². The van der Waals surface area contributed by atoms with Crippen LogP contribution in [-0.2, 0) is 20.0 Å². The normalized spacial score (nSPS) is 11.4. The fraction of sp³-hybridized carbons (Fsp3) is 0.130. The van der Waals surface area contributed by atoms with Gasteiger partial charge in [0.05, 0.1) is 34.0 Å². The van der Waals surface area contributed by atoms with Gasteiger partial charge in [0.25, 0.3) is 0 Å². The van der Waals surface area contributed by atoms with Crippen LogP contribution in [0.3, 0.4) is 0 Å². The third-order valence-corrected chi connectivity index (χ3v) is 14.1. The summed E-state index contributed by atoms with van der Waals surface area (Å²) in [5.41, 5.74) is -0.329. The molecule has 6 N–H and O–H groups in total. The molecule has 8 aromatic rings. The van der Waals surface area contributed by atoms with Crippen molar-refractivity contribution in [3.05, 3.63) is 170 Å². The second-order valence-electron chi connectivity index (χ2n) is 15.0. The first kappa shape index (κ1) is 53.2. The van der Waals surface area contributed by atoms with Gasteiger partial charge in [0.15, 0.2) is 11.6 Å². The molecule has 0 bridgehead atoms. The molecule has 0 radical (unpaired) electrons. The number of carbonyl (C=O) groups is 2. The number of rotatable bonds is 14. The molecule has 0 unspecified atom stereocenters. The van der Waals surface area contributed by atoms with Crippen molar-refractivity contribution >= 4 is 117 Å². The van der Waals surface area contributed by atoms with Gasteiger partial charge in [-0.1, -0.05) is 73.4 Å². The first-order chi connectivity index (χ1) is 33.2. The maximum absolute atomic E-state index is 15.1. The van der Waals surface area contributed by atoms with Gasteiger partial charge in [-0.3, -0.25) is 19.0 Å². The van der Waals surface area contributed by atoms with Crippen LogP contribution in [0.5, 0.6) is 0 Å². The summed E-state index contributed by atoms with van der Waals surface area (Å²) in [6, 6.07) is 20.5. The summed E-state index contributed by atoms with van der Waals surface area (Å²) in [6.07, 6.45) is 6.32. The summed E-state index contributed by atoms with van der Waals surface area (Å²) < 4.78 is 111. The van der Waals surface area contributed by atoms with Gasteiger partial charge in [-0.05, 0) is 77.3 Å². The van der Waals surface area contributed by atoms with Crippen molar-refractivity contribution in [3.63, 3.8) is 0 Å². The molecule has 0 saturated heterocycles. The number of H-pyrrole nitrogens is 2. The lowest BCUT2D eigenvalue weighted by Crippen LogP contribution is -2.30. The number of carbonyl (C=O) groups excluding carboxylic acids is 2. The predicted molar refractivity (Wildman–Crippen MR) is 267 cm³/mol. The van der Waals surface area contributed by atoms with E-state index in [0.717, 1.165) is 24.3 Å². The molecule has 4 heterocycles. The molecule has 0 aliphatic heterocycles. The summed E-state index contributed by atoms with van der Waals surface area (Å²) in [4.78, 5) is 39.9. The Hall–Kier alpha value is -6.14. The van der Waals surface area contributed by atoms with Gasteiger partial charge in [-0.25, -0.2) is 44.4 Å². The van der Waals surface area contributed by atoms with Crippen LogP contribution in [0.1, 0.15) is 58.5 Å². The van der Waals surface area contributed by atoms with Crippen LogP contribution in [0.2, 0.25) is 10.0 Å². The number of pyridine rings is 2. The number of aromatic nitrogens is 4. The third-order valence-electron chi connectivity index (χ3n) is 10.00. The second-order valence-corrected chi connectivity index (χ2v) is 20.4. The van der Waals surface area contributed by atoms with Crippen LogP contribution in [0.25, 0.3) is 33.2 Å². The van der Waals surface area contributed by atoms with E-state index in [4.69, 9.17) is 33.2 Å². The molecular formula is C46H38BBrCl2F4N6O8S2. The molecular weight excluding hydrogens is 1070 g/mol. The summed E-state index contributed by atoms with van der Waals surface area (Å²) in [6.45, 7) is 3.30. The van der Waals surface area contributed by atoms with E-state index in [1.807, 2.05) is 0 Å². The number of nitrogens with zero attached hydrogens (tertiary/aromatic N) is 2. The smallest absolute Gasteiger partial charge is 0.423 e. The molecule has 364 valence electrons. The van der Waals surface area contributed by atoms with E-state index in [1.165, 1.54) is 18.6 Å². The first-order valence-electron chi connectivity index (χ1n) is 20.7. The zero-order chi connectivity index (χ0) is 51.1. The second kappa shape index (κ2) is 22.7. The van der Waals surface area contributed by atoms with Crippen LogP contribution in [0, 0.1) is 23.3 Å². The lowest BCUT2D eigenvalue weighted by Gasteiger charge is -2.11. The number of aromatic amines is 2.